The maximum absolute atomic E-state index is 5.20. The molecule has 1 N–H and O–H groups in total. The maximum Gasteiger partial charge on any atom is 0.0519 e. The summed E-state index contributed by atoms with van der Waals surface area (Å²) < 4.78 is 5.20. The Hall–Kier alpha value is -0.0800. The van der Waals surface area contributed by atoms with Crippen molar-refractivity contribution in [2.24, 2.45) is 11.8 Å². The lowest BCUT2D eigenvalue weighted by Gasteiger charge is -2.33. The summed E-state index contributed by atoms with van der Waals surface area (Å²) in [4.78, 5) is 0. The Balaban J connectivity index is 1.80. The van der Waals surface area contributed by atoms with Gasteiger partial charge in [0.15, 0.2) is 0 Å². The zero-order chi connectivity index (χ0) is 7.52. The Morgan fingerprint density at radius 1 is 1.09 bits per heavy atom. The van der Waals surface area contributed by atoms with Crippen LogP contribution in [0.15, 0.2) is 0 Å². The van der Waals surface area contributed by atoms with Crippen LogP contribution < -0.4 is 5.32 Å². The molecule has 0 radical (unpaired) electrons. The topological polar surface area (TPSA) is 21.3 Å². The molecule has 2 saturated heterocycles. The second-order valence-electron chi connectivity index (χ2n) is 3.76. The standard InChI is InChI=1S/C9H17NO/c1-2-4-10-5-8(3-1)9-6-11-7-9/h8-10H,1-7H2. The molecule has 2 fully saturated rings. The molecule has 2 aliphatic heterocycles. The molecule has 2 heteroatoms. The van der Waals surface area contributed by atoms with Crippen LogP contribution in [-0.2, 0) is 4.74 Å². The summed E-state index contributed by atoms with van der Waals surface area (Å²) in [5.74, 6) is 1.78. The van der Waals surface area contributed by atoms with Gasteiger partial charge in [-0.05, 0) is 31.8 Å². The number of rotatable bonds is 1. The van der Waals surface area contributed by atoms with Gasteiger partial charge in [-0.2, -0.15) is 0 Å². The van der Waals surface area contributed by atoms with Crippen LogP contribution in [0.5, 0.6) is 0 Å². The van der Waals surface area contributed by atoms with Crippen molar-refractivity contribution >= 4 is 0 Å². The van der Waals surface area contributed by atoms with Crippen molar-refractivity contribution in [3.63, 3.8) is 0 Å². The van der Waals surface area contributed by atoms with E-state index in [1.807, 2.05) is 0 Å². The Kier molecular flexibility index (Phi) is 2.44. The van der Waals surface area contributed by atoms with Crippen molar-refractivity contribution in [2.45, 2.75) is 19.3 Å². The van der Waals surface area contributed by atoms with Crippen molar-refractivity contribution in [3.8, 4) is 0 Å². The summed E-state index contributed by atoms with van der Waals surface area (Å²) in [5, 5.41) is 3.49. The van der Waals surface area contributed by atoms with Gasteiger partial charge in [-0.25, -0.2) is 0 Å². The fourth-order valence-electron chi connectivity index (χ4n) is 1.97. The minimum atomic E-state index is 0.876. The molecule has 0 aromatic rings. The van der Waals surface area contributed by atoms with Crippen molar-refractivity contribution < 1.29 is 4.74 Å². The Morgan fingerprint density at radius 2 is 2.00 bits per heavy atom. The van der Waals surface area contributed by atoms with Crippen LogP contribution in [0, 0.1) is 11.8 Å². The van der Waals surface area contributed by atoms with E-state index in [-0.39, 0.29) is 0 Å². The highest BCUT2D eigenvalue weighted by molar-refractivity contribution is 4.78. The summed E-state index contributed by atoms with van der Waals surface area (Å²) in [7, 11) is 0. The average molecular weight is 155 g/mol. The first kappa shape index (κ1) is 7.56. The van der Waals surface area contributed by atoms with E-state index in [2.05, 4.69) is 5.32 Å². The molecule has 0 bridgehead atoms. The predicted octanol–water partition coefficient (Wildman–Crippen LogP) is 1.02. The molecule has 64 valence electrons. The molecular weight excluding hydrogens is 138 g/mol. The third kappa shape index (κ3) is 1.74. The van der Waals surface area contributed by atoms with Gasteiger partial charge in [0, 0.05) is 5.92 Å². The van der Waals surface area contributed by atoms with E-state index in [0.29, 0.717) is 0 Å². The SMILES string of the molecule is C1CCC(C2COC2)CNC1. The first-order valence-electron chi connectivity index (χ1n) is 4.75. The molecule has 0 aromatic heterocycles. The fourth-order valence-corrected chi connectivity index (χ4v) is 1.97. The highest BCUT2D eigenvalue weighted by Crippen LogP contribution is 2.25. The summed E-state index contributed by atoms with van der Waals surface area (Å²) in [5.41, 5.74) is 0. The third-order valence-corrected chi connectivity index (χ3v) is 2.92. The lowest BCUT2D eigenvalue weighted by atomic mass is 9.87. The van der Waals surface area contributed by atoms with E-state index in [4.69, 9.17) is 4.74 Å². The fraction of sp³-hybridized carbons (Fsp3) is 1.00. The lowest BCUT2D eigenvalue weighted by Crippen LogP contribution is -2.38. The third-order valence-electron chi connectivity index (χ3n) is 2.92. The van der Waals surface area contributed by atoms with Crippen LogP contribution in [0.4, 0.5) is 0 Å². The van der Waals surface area contributed by atoms with Gasteiger partial charge in [-0.3, -0.25) is 0 Å². The molecule has 0 aliphatic carbocycles. The highest BCUT2D eigenvalue weighted by atomic mass is 16.5. The van der Waals surface area contributed by atoms with Crippen LogP contribution in [0.2, 0.25) is 0 Å². The van der Waals surface area contributed by atoms with Crippen molar-refractivity contribution in [1.29, 1.82) is 0 Å². The molecule has 0 spiro atoms. The van der Waals surface area contributed by atoms with Gasteiger partial charge in [0.05, 0.1) is 13.2 Å². The van der Waals surface area contributed by atoms with E-state index >= 15 is 0 Å². The molecule has 0 saturated carbocycles. The zero-order valence-corrected chi connectivity index (χ0v) is 7.01. The van der Waals surface area contributed by atoms with E-state index in [1.165, 1.54) is 32.4 Å². The minimum absolute atomic E-state index is 0.876. The molecule has 1 unspecified atom stereocenters. The van der Waals surface area contributed by atoms with E-state index in [9.17, 15) is 0 Å². The van der Waals surface area contributed by atoms with Gasteiger partial charge >= 0.3 is 0 Å². The number of hydrogen-bond donors (Lipinski definition) is 1. The van der Waals surface area contributed by atoms with E-state index < -0.39 is 0 Å². The van der Waals surface area contributed by atoms with Gasteiger partial charge in [-0.15, -0.1) is 0 Å². The minimum Gasteiger partial charge on any atom is -0.381 e. The number of ether oxygens (including phenoxy) is 1. The van der Waals surface area contributed by atoms with Crippen LogP contribution in [0.25, 0.3) is 0 Å². The molecule has 2 aliphatic rings. The normalized spacial score (nSPS) is 34.4. The zero-order valence-electron chi connectivity index (χ0n) is 7.01. The summed E-state index contributed by atoms with van der Waals surface area (Å²) in [6, 6.07) is 0. The second kappa shape index (κ2) is 3.55. The molecule has 2 rings (SSSR count). The summed E-state index contributed by atoms with van der Waals surface area (Å²) in [6.07, 6.45) is 4.19. The second-order valence-corrected chi connectivity index (χ2v) is 3.76. The highest BCUT2D eigenvalue weighted by Gasteiger charge is 2.28. The Bertz CT molecular complexity index is 115. The van der Waals surface area contributed by atoms with Crippen molar-refractivity contribution in [1.82, 2.24) is 5.32 Å². The average Bonchev–Trinajstić information content (AvgIpc) is 2.12. The molecule has 2 heterocycles. The molecule has 1 atom stereocenters. The molecule has 0 amide bonds. The Morgan fingerprint density at radius 3 is 2.73 bits per heavy atom. The van der Waals surface area contributed by atoms with Crippen LogP contribution >= 0.6 is 0 Å². The van der Waals surface area contributed by atoms with Crippen molar-refractivity contribution in [2.75, 3.05) is 26.3 Å². The number of hydrogen-bond acceptors (Lipinski definition) is 2. The Labute approximate surface area is 68.3 Å². The predicted molar refractivity (Wildman–Crippen MR) is 44.5 cm³/mol. The van der Waals surface area contributed by atoms with Crippen molar-refractivity contribution in [3.05, 3.63) is 0 Å². The molecule has 0 aromatic carbocycles. The van der Waals surface area contributed by atoms with Gasteiger partial charge in [0.25, 0.3) is 0 Å². The molecular formula is C9H17NO. The number of nitrogens with one attached hydrogen (secondary N) is 1. The smallest absolute Gasteiger partial charge is 0.0519 e. The monoisotopic (exact) mass is 155 g/mol. The quantitative estimate of drug-likeness (QED) is 0.610. The van der Waals surface area contributed by atoms with Crippen LogP contribution in [0.3, 0.4) is 0 Å². The first-order chi connectivity index (χ1) is 5.47. The van der Waals surface area contributed by atoms with Crippen LogP contribution in [-0.4, -0.2) is 26.3 Å². The largest absolute Gasteiger partial charge is 0.381 e. The van der Waals surface area contributed by atoms with E-state index in [0.717, 1.165) is 25.0 Å². The van der Waals surface area contributed by atoms with E-state index in [1.54, 1.807) is 0 Å². The summed E-state index contributed by atoms with van der Waals surface area (Å²) in [6.45, 7) is 4.50. The molecule has 2 nitrogen and oxygen atoms in total. The van der Waals surface area contributed by atoms with Gasteiger partial charge in [-0.1, -0.05) is 6.42 Å². The molecule has 11 heavy (non-hydrogen) atoms. The van der Waals surface area contributed by atoms with Gasteiger partial charge in [0.1, 0.15) is 0 Å². The first-order valence-corrected chi connectivity index (χ1v) is 4.75. The van der Waals surface area contributed by atoms with Crippen LogP contribution in [0.1, 0.15) is 19.3 Å². The maximum atomic E-state index is 5.20. The van der Waals surface area contributed by atoms with Gasteiger partial charge in [0.2, 0.25) is 0 Å². The van der Waals surface area contributed by atoms with Gasteiger partial charge < -0.3 is 10.1 Å². The lowest BCUT2D eigenvalue weighted by molar-refractivity contribution is -0.0610. The summed E-state index contributed by atoms with van der Waals surface area (Å²) >= 11 is 0.